The summed E-state index contributed by atoms with van der Waals surface area (Å²) in [6, 6.07) is 0. The molecule has 1 fully saturated rings. The van der Waals surface area contributed by atoms with Gasteiger partial charge in [0, 0.05) is 0 Å². The SMILES string of the molecule is CC(C)(C)OC(=O)C1CCNCC1=O.O=C(O)C(F)(F)F. The van der Waals surface area contributed by atoms with Gasteiger partial charge in [-0.15, -0.1) is 0 Å². The zero-order valence-electron chi connectivity index (χ0n) is 11.9. The Kier molecular flexibility index (Phi) is 6.81. The second kappa shape index (κ2) is 7.39. The van der Waals surface area contributed by atoms with Crippen LogP contribution in [0.3, 0.4) is 0 Å². The number of carboxylic acid groups (broad SMARTS) is 1. The summed E-state index contributed by atoms with van der Waals surface area (Å²) in [5.41, 5.74) is -0.512. The number of carbonyl (C=O) groups excluding carboxylic acids is 2. The predicted octanol–water partition coefficient (Wildman–Crippen LogP) is 1.14. The summed E-state index contributed by atoms with van der Waals surface area (Å²) in [6.07, 6.45) is -4.53. The Labute approximate surface area is 119 Å². The lowest BCUT2D eigenvalue weighted by molar-refractivity contribution is -0.192. The molecule has 0 spiro atoms. The van der Waals surface area contributed by atoms with Crippen LogP contribution in [-0.2, 0) is 19.1 Å². The number of alkyl halides is 3. The first-order valence-electron chi connectivity index (χ1n) is 6.11. The highest BCUT2D eigenvalue weighted by atomic mass is 19.4. The first-order chi connectivity index (χ1) is 9.34. The van der Waals surface area contributed by atoms with E-state index in [2.05, 4.69) is 5.32 Å². The van der Waals surface area contributed by atoms with Gasteiger partial charge in [-0.05, 0) is 33.7 Å². The summed E-state index contributed by atoms with van der Waals surface area (Å²) < 4.78 is 36.9. The second-order valence-electron chi connectivity index (χ2n) is 5.32. The molecule has 2 N–H and O–H groups in total. The Morgan fingerprint density at radius 3 is 2.10 bits per heavy atom. The zero-order valence-corrected chi connectivity index (χ0v) is 11.9. The molecule has 9 heteroatoms. The zero-order chi connectivity index (χ0) is 16.8. The Morgan fingerprint density at radius 1 is 1.29 bits per heavy atom. The molecule has 0 bridgehead atoms. The topological polar surface area (TPSA) is 92.7 Å². The fraction of sp³-hybridized carbons (Fsp3) is 0.750. The van der Waals surface area contributed by atoms with Crippen LogP contribution in [0.25, 0.3) is 0 Å². The van der Waals surface area contributed by atoms with E-state index in [0.29, 0.717) is 13.0 Å². The van der Waals surface area contributed by atoms with E-state index >= 15 is 0 Å². The second-order valence-corrected chi connectivity index (χ2v) is 5.32. The van der Waals surface area contributed by atoms with Gasteiger partial charge in [0.25, 0.3) is 0 Å². The van der Waals surface area contributed by atoms with Gasteiger partial charge < -0.3 is 15.2 Å². The van der Waals surface area contributed by atoms with E-state index in [4.69, 9.17) is 14.6 Å². The first-order valence-corrected chi connectivity index (χ1v) is 6.11. The summed E-state index contributed by atoms with van der Waals surface area (Å²) in [5, 5.41) is 10.0. The van der Waals surface area contributed by atoms with E-state index in [0.717, 1.165) is 0 Å². The van der Waals surface area contributed by atoms with Crippen LogP contribution in [-0.4, -0.2) is 47.7 Å². The molecule has 0 amide bonds. The fourth-order valence-electron chi connectivity index (χ4n) is 1.36. The number of ketones is 1. The lowest BCUT2D eigenvalue weighted by Gasteiger charge is -2.25. The minimum Gasteiger partial charge on any atom is -0.475 e. The van der Waals surface area contributed by atoms with Crippen molar-refractivity contribution in [1.29, 1.82) is 0 Å². The van der Waals surface area contributed by atoms with E-state index in [-0.39, 0.29) is 18.3 Å². The number of carbonyl (C=O) groups is 3. The number of halogens is 3. The molecule has 1 atom stereocenters. The molecule has 1 heterocycles. The quantitative estimate of drug-likeness (QED) is 0.557. The Bertz CT molecular complexity index is 401. The number of Topliss-reactive ketones (excluding diaryl/α,β-unsaturated/α-hetero) is 1. The first kappa shape index (κ1) is 19.4. The fourth-order valence-corrected chi connectivity index (χ4v) is 1.36. The van der Waals surface area contributed by atoms with Gasteiger partial charge in [-0.2, -0.15) is 13.2 Å². The minimum absolute atomic E-state index is 0.0644. The third-order valence-electron chi connectivity index (χ3n) is 2.23. The van der Waals surface area contributed by atoms with Gasteiger partial charge in [-0.3, -0.25) is 9.59 Å². The molecule has 0 aromatic rings. The van der Waals surface area contributed by atoms with Gasteiger partial charge in [0.15, 0.2) is 5.78 Å². The number of esters is 1. The number of hydrogen-bond acceptors (Lipinski definition) is 5. The lowest BCUT2D eigenvalue weighted by Crippen LogP contribution is -2.42. The van der Waals surface area contributed by atoms with Crippen molar-refractivity contribution >= 4 is 17.7 Å². The Balaban J connectivity index is 0.000000486. The molecular weight excluding hydrogens is 295 g/mol. The van der Waals surface area contributed by atoms with Crippen molar-refractivity contribution < 1.29 is 37.4 Å². The van der Waals surface area contributed by atoms with E-state index in [1.165, 1.54) is 0 Å². The molecule has 122 valence electrons. The van der Waals surface area contributed by atoms with Crippen LogP contribution in [0.5, 0.6) is 0 Å². The van der Waals surface area contributed by atoms with Crippen LogP contribution in [0.2, 0.25) is 0 Å². The van der Waals surface area contributed by atoms with Crippen molar-refractivity contribution in [3.8, 4) is 0 Å². The molecule has 1 aliphatic rings. The summed E-state index contributed by atoms with van der Waals surface area (Å²) in [7, 11) is 0. The average Bonchev–Trinajstić information content (AvgIpc) is 2.26. The van der Waals surface area contributed by atoms with Gasteiger partial charge >= 0.3 is 18.1 Å². The van der Waals surface area contributed by atoms with Gasteiger partial charge in [0.05, 0.1) is 6.54 Å². The van der Waals surface area contributed by atoms with Crippen molar-refractivity contribution in [2.24, 2.45) is 5.92 Å². The molecular formula is C12H18F3NO5. The predicted molar refractivity (Wildman–Crippen MR) is 65.5 cm³/mol. The van der Waals surface area contributed by atoms with Crippen LogP contribution >= 0.6 is 0 Å². The Hall–Kier alpha value is -1.64. The maximum absolute atomic E-state index is 11.6. The van der Waals surface area contributed by atoms with E-state index in [9.17, 15) is 22.8 Å². The van der Waals surface area contributed by atoms with E-state index in [1.54, 1.807) is 20.8 Å². The lowest BCUT2D eigenvalue weighted by atomic mass is 9.96. The average molecular weight is 313 g/mol. The molecule has 1 rings (SSSR count). The maximum atomic E-state index is 11.6. The molecule has 1 unspecified atom stereocenters. The van der Waals surface area contributed by atoms with Crippen LogP contribution in [0, 0.1) is 5.92 Å². The largest absolute Gasteiger partial charge is 0.490 e. The smallest absolute Gasteiger partial charge is 0.475 e. The number of hydrogen-bond donors (Lipinski definition) is 2. The highest BCUT2D eigenvalue weighted by Gasteiger charge is 2.38. The van der Waals surface area contributed by atoms with E-state index < -0.39 is 23.7 Å². The van der Waals surface area contributed by atoms with Crippen LogP contribution in [0.1, 0.15) is 27.2 Å². The van der Waals surface area contributed by atoms with Crippen molar-refractivity contribution in [2.45, 2.75) is 39.0 Å². The van der Waals surface area contributed by atoms with Crippen molar-refractivity contribution in [3.63, 3.8) is 0 Å². The normalized spacial score (nSPS) is 19.3. The maximum Gasteiger partial charge on any atom is 0.490 e. The molecule has 6 nitrogen and oxygen atoms in total. The number of carboxylic acids is 1. The molecule has 0 aromatic heterocycles. The van der Waals surface area contributed by atoms with Gasteiger partial charge in [0.1, 0.15) is 11.5 Å². The monoisotopic (exact) mass is 313 g/mol. The molecule has 0 aromatic carbocycles. The third-order valence-corrected chi connectivity index (χ3v) is 2.23. The molecule has 0 aliphatic carbocycles. The highest BCUT2D eigenvalue weighted by molar-refractivity contribution is 6.00. The molecule has 21 heavy (non-hydrogen) atoms. The number of aliphatic carboxylic acids is 1. The summed E-state index contributed by atoms with van der Waals surface area (Å²) in [6.45, 7) is 6.39. The van der Waals surface area contributed by atoms with Crippen molar-refractivity contribution in [3.05, 3.63) is 0 Å². The highest BCUT2D eigenvalue weighted by Crippen LogP contribution is 2.16. The van der Waals surface area contributed by atoms with Gasteiger partial charge in [-0.1, -0.05) is 0 Å². The van der Waals surface area contributed by atoms with Gasteiger partial charge in [0.2, 0.25) is 0 Å². The number of nitrogens with one attached hydrogen (secondary N) is 1. The van der Waals surface area contributed by atoms with Crippen molar-refractivity contribution in [2.75, 3.05) is 13.1 Å². The molecule has 1 aliphatic heterocycles. The van der Waals surface area contributed by atoms with Crippen LogP contribution < -0.4 is 5.32 Å². The number of rotatable bonds is 1. The summed E-state index contributed by atoms with van der Waals surface area (Å²) in [5.74, 6) is -3.77. The third kappa shape index (κ3) is 8.28. The van der Waals surface area contributed by atoms with Crippen LogP contribution in [0.4, 0.5) is 13.2 Å². The minimum atomic E-state index is -5.08. The van der Waals surface area contributed by atoms with E-state index in [1.807, 2.05) is 0 Å². The molecule has 0 radical (unpaired) electrons. The summed E-state index contributed by atoms with van der Waals surface area (Å²) >= 11 is 0. The number of ether oxygens (including phenoxy) is 1. The van der Waals surface area contributed by atoms with Gasteiger partial charge in [-0.25, -0.2) is 4.79 Å². The molecule has 1 saturated heterocycles. The molecule has 0 saturated carbocycles. The standard InChI is InChI=1S/C10H17NO3.C2HF3O2/c1-10(2,3)14-9(13)7-4-5-11-6-8(7)12;3-2(4,5)1(6)7/h7,11H,4-6H2,1-3H3;(H,6,7). The van der Waals surface area contributed by atoms with Crippen LogP contribution in [0.15, 0.2) is 0 Å². The van der Waals surface area contributed by atoms with Crippen molar-refractivity contribution in [1.82, 2.24) is 5.32 Å². The Morgan fingerprint density at radius 2 is 1.76 bits per heavy atom. The number of piperidine rings is 1. The summed E-state index contributed by atoms with van der Waals surface area (Å²) in [4.78, 5) is 31.8.